The van der Waals surface area contributed by atoms with Crippen molar-refractivity contribution in [1.82, 2.24) is 10.9 Å². The van der Waals surface area contributed by atoms with Crippen LogP contribution in [0, 0.1) is 13.8 Å². The summed E-state index contributed by atoms with van der Waals surface area (Å²) < 4.78 is 28.5. The molecule has 0 aromatic heterocycles. The normalized spacial score (nSPS) is 19.7. The van der Waals surface area contributed by atoms with Crippen LogP contribution in [0.1, 0.15) is 17.5 Å². The second-order valence-corrected chi connectivity index (χ2v) is 9.31. The molecular weight excluding hydrogens is 432 g/mol. The molecule has 0 spiro atoms. The Kier molecular flexibility index (Phi) is 5.85. The van der Waals surface area contributed by atoms with Crippen molar-refractivity contribution in [2.75, 3.05) is 10.0 Å². The molecule has 1 fully saturated rings. The Hall–Kier alpha value is -1.94. The van der Waals surface area contributed by atoms with Gasteiger partial charge in [-0.25, -0.2) is 19.3 Å². The minimum absolute atomic E-state index is 0.114. The zero-order valence-corrected chi connectivity index (χ0v) is 17.3. The number of sulfonamides is 1. The molecule has 1 saturated heterocycles. The predicted octanol–water partition coefficient (Wildman–Crippen LogP) is 2.64. The third-order valence-corrected chi connectivity index (χ3v) is 6.41. The zero-order valence-electron chi connectivity index (χ0n) is 14.9. The van der Waals surface area contributed by atoms with Crippen molar-refractivity contribution in [2.24, 2.45) is 0 Å². The first-order chi connectivity index (χ1) is 12.7. The summed E-state index contributed by atoms with van der Waals surface area (Å²) in [7, 11) is -3.70. The van der Waals surface area contributed by atoms with Crippen molar-refractivity contribution < 1.29 is 13.2 Å². The third kappa shape index (κ3) is 4.86. The molecular formula is C18H21BrN4O3S. The van der Waals surface area contributed by atoms with E-state index in [1.54, 1.807) is 24.3 Å². The van der Waals surface area contributed by atoms with E-state index in [9.17, 15) is 13.2 Å². The van der Waals surface area contributed by atoms with Gasteiger partial charge in [-0.05, 0) is 49.7 Å². The van der Waals surface area contributed by atoms with Gasteiger partial charge >= 0.3 is 0 Å². The van der Waals surface area contributed by atoms with Crippen LogP contribution in [0.15, 0.2) is 46.9 Å². The Morgan fingerprint density at radius 3 is 2.48 bits per heavy atom. The summed E-state index contributed by atoms with van der Waals surface area (Å²) in [6, 6.07) is 11.9. The number of hydrazine groups is 1. The molecule has 1 heterocycles. The van der Waals surface area contributed by atoms with Crippen LogP contribution in [-0.2, 0) is 14.8 Å². The van der Waals surface area contributed by atoms with E-state index in [2.05, 4.69) is 36.8 Å². The molecule has 4 N–H and O–H groups in total. The van der Waals surface area contributed by atoms with Crippen molar-refractivity contribution in [3.05, 3.63) is 58.1 Å². The molecule has 0 radical (unpaired) electrons. The average Bonchev–Trinajstić information content (AvgIpc) is 3.10. The summed E-state index contributed by atoms with van der Waals surface area (Å²) in [5, 5.41) is 1.93. The lowest BCUT2D eigenvalue weighted by Gasteiger charge is -2.14. The smallest absolute Gasteiger partial charge is 0.250 e. The number of anilines is 2. The molecule has 2 atom stereocenters. The fourth-order valence-corrected chi connectivity index (χ4v) is 4.37. The average molecular weight is 453 g/mol. The van der Waals surface area contributed by atoms with Gasteiger partial charge in [0.25, 0.3) is 0 Å². The third-order valence-electron chi connectivity index (χ3n) is 4.30. The van der Waals surface area contributed by atoms with Crippen LogP contribution >= 0.6 is 15.9 Å². The van der Waals surface area contributed by atoms with E-state index >= 15 is 0 Å². The van der Waals surface area contributed by atoms with Gasteiger partial charge in [-0.1, -0.05) is 33.6 Å². The standard InChI is InChI=1S/C18H21BrN4O3S/c1-11-3-8-15(12(2)9-11)20-18(24)16-10-17(22-21-16)27(25,26)23-14-6-4-13(19)5-7-14/h3-9,16-17,21-23H,10H2,1-2H3,(H,20,24). The van der Waals surface area contributed by atoms with E-state index in [1.807, 2.05) is 32.0 Å². The number of aryl methyl sites for hydroxylation is 2. The number of carbonyl (C=O) groups is 1. The number of amides is 1. The maximum absolute atomic E-state index is 12.5. The van der Waals surface area contributed by atoms with Crippen molar-refractivity contribution in [1.29, 1.82) is 0 Å². The number of nitrogens with one attached hydrogen (secondary N) is 4. The number of halogens is 1. The zero-order chi connectivity index (χ0) is 19.6. The lowest BCUT2D eigenvalue weighted by molar-refractivity contribution is -0.117. The molecule has 2 unspecified atom stereocenters. The summed E-state index contributed by atoms with van der Waals surface area (Å²) in [5.74, 6) is -0.282. The van der Waals surface area contributed by atoms with E-state index in [1.165, 1.54) is 0 Å². The summed E-state index contributed by atoms with van der Waals surface area (Å²) in [6.07, 6.45) is 0.114. The summed E-state index contributed by atoms with van der Waals surface area (Å²) in [6.45, 7) is 3.90. The lowest BCUT2D eigenvalue weighted by Crippen LogP contribution is -2.42. The predicted molar refractivity (Wildman–Crippen MR) is 110 cm³/mol. The van der Waals surface area contributed by atoms with Gasteiger partial charge in [-0.3, -0.25) is 9.52 Å². The first-order valence-electron chi connectivity index (χ1n) is 8.41. The van der Waals surface area contributed by atoms with Crippen molar-refractivity contribution in [3.8, 4) is 0 Å². The van der Waals surface area contributed by atoms with E-state index < -0.39 is 21.4 Å². The van der Waals surface area contributed by atoms with Crippen LogP contribution in [-0.4, -0.2) is 25.7 Å². The Morgan fingerprint density at radius 2 is 1.81 bits per heavy atom. The van der Waals surface area contributed by atoms with Crippen LogP contribution in [0.25, 0.3) is 0 Å². The van der Waals surface area contributed by atoms with Crippen molar-refractivity contribution >= 4 is 43.2 Å². The fraction of sp³-hybridized carbons (Fsp3) is 0.278. The maximum Gasteiger partial charge on any atom is 0.250 e. The van der Waals surface area contributed by atoms with E-state index in [-0.39, 0.29) is 12.3 Å². The SMILES string of the molecule is Cc1ccc(NC(=O)C2CC(S(=O)(=O)Nc3ccc(Br)cc3)NN2)c(C)c1. The molecule has 7 nitrogen and oxygen atoms in total. The van der Waals surface area contributed by atoms with Gasteiger partial charge in [0, 0.05) is 22.3 Å². The monoisotopic (exact) mass is 452 g/mol. The maximum atomic E-state index is 12.5. The highest BCUT2D eigenvalue weighted by molar-refractivity contribution is 9.10. The van der Waals surface area contributed by atoms with Gasteiger partial charge in [-0.2, -0.15) is 0 Å². The lowest BCUT2D eigenvalue weighted by atomic mass is 10.1. The Bertz CT molecular complexity index is 948. The van der Waals surface area contributed by atoms with E-state index in [0.29, 0.717) is 11.4 Å². The number of rotatable bonds is 5. The minimum atomic E-state index is -3.70. The minimum Gasteiger partial charge on any atom is -0.324 e. The molecule has 2 aromatic carbocycles. The van der Waals surface area contributed by atoms with Gasteiger partial charge in [0.05, 0.1) is 0 Å². The highest BCUT2D eigenvalue weighted by Gasteiger charge is 2.37. The van der Waals surface area contributed by atoms with Crippen LogP contribution in [0.5, 0.6) is 0 Å². The topological polar surface area (TPSA) is 99.3 Å². The largest absolute Gasteiger partial charge is 0.324 e. The highest BCUT2D eigenvalue weighted by Crippen LogP contribution is 2.20. The van der Waals surface area contributed by atoms with Crippen LogP contribution in [0.3, 0.4) is 0 Å². The van der Waals surface area contributed by atoms with Gasteiger partial charge < -0.3 is 5.32 Å². The molecule has 3 rings (SSSR count). The molecule has 1 amide bonds. The van der Waals surface area contributed by atoms with Gasteiger partial charge in [0.15, 0.2) is 0 Å². The number of benzene rings is 2. The Balaban J connectivity index is 1.63. The summed E-state index contributed by atoms with van der Waals surface area (Å²) >= 11 is 3.31. The fourth-order valence-electron chi connectivity index (χ4n) is 2.83. The van der Waals surface area contributed by atoms with Crippen LogP contribution in [0.4, 0.5) is 11.4 Å². The molecule has 0 saturated carbocycles. The second-order valence-electron chi connectivity index (χ2n) is 6.53. The number of hydrogen-bond donors (Lipinski definition) is 4. The van der Waals surface area contributed by atoms with Gasteiger partial charge in [0.2, 0.25) is 15.9 Å². The molecule has 0 bridgehead atoms. The van der Waals surface area contributed by atoms with Crippen molar-refractivity contribution in [3.63, 3.8) is 0 Å². The first-order valence-corrected chi connectivity index (χ1v) is 10.7. The van der Waals surface area contributed by atoms with E-state index in [0.717, 1.165) is 15.6 Å². The molecule has 0 aliphatic carbocycles. The molecule has 1 aliphatic heterocycles. The molecule has 144 valence electrons. The quantitative estimate of drug-likeness (QED) is 0.558. The van der Waals surface area contributed by atoms with Gasteiger partial charge in [0.1, 0.15) is 11.4 Å². The molecule has 1 aliphatic rings. The highest BCUT2D eigenvalue weighted by atomic mass is 79.9. The summed E-state index contributed by atoms with van der Waals surface area (Å²) in [5.41, 5.74) is 8.71. The Morgan fingerprint density at radius 1 is 1.11 bits per heavy atom. The molecule has 27 heavy (non-hydrogen) atoms. The van der Waals surface area contributed by atoms with Crippen LogP contribution < -0.4 is 20.9 Å². The van der Waals surface area contributed by atoms with E-state index in [4.69, 9.17) is 0 Å². The Labute approximate surface area is 167 Å². The van der Waals surface area contributed by atoms with Gasteiger partial charge in [-0.15, -0.1) is 0 Å². The molecule has 2 aromatic rings. The first kappa shape index (κ1) is 19.8. The number of carbonyl (C=O) groups excluding carboxylic acids is 1. The van der Waals surface area contributed by atoms with Crippen molar-refractivity contribution in [2.45, 2.75) is 31.7 Å². The second kappa shape index (κ2) is 7.97. The number of hydrogen-bond acceptors (Lipinski definition) is 5. The molecule has 9 heteroatoms. The summed E-state index contributed by atoms with van der Waals surface area (Å²) in [4.78, 5) is 12.5. The van der Waals surface area contributed by atoms with Crippen LogP contribution in [0.2, 0.25) is 0 Å².